The molecule has 6 heteroatoms. The van der Waals surface area contributed by atoms with Gasteiger partial charge in [0.25, 0.3) is 0 Å². The van der Waals surface area contributed by atoms with Crippen LogP contribution < -0.4 is 5.32 Å². The zero-order valence-electron chi connectivity index (χ0n) is 9.67. The van der Waals surface area contributed by atoms with Gasteiger partial charge in [0.15, 0.2) is 5.75 Å². The van der Waals surface area contributed by atoms with Gasteiger partial charge in [0.1, 0.15) is 11.4 Å². The minimum Gasteiger partial charge on any atom is -0.504 e. The third kappa shape index (κ3) is 4.11. The molecule has 1 aromatic rings. The Morgan fingerprint density at radius 2 is 2.06 bits per heavy atom. The van der Waals surface area contributed by atoms with Crippen molar-refractivity contribution in [2.24, 2.45) is 0 Å². The first-order chi connectivity index (χ1) is 7.69. The molecule has 2 N–H and O–H groups in total. The second kappa shape index (κ2) is 4.79. The van der Waals surface area contributed by atoms with Gasteiger partial charge < -0.3 is 9.84 Å². The fourth-order valence-corrected chi connectivity index (χ4v) is 1.28. The molecule has 0 aliphatic rings. The van der Waals surface area contributed by atoms with Gasteiger partial charge in [-0.2, -0.15) is 0 Å². The summed E-state index contributed by atoms with van der Waals surface area (Å²) in [6, 6.07) is 1.89. The number of aromatic hydroxyl groups is 1. The lowest BCUT2D eigenvalue weighted by Gasteiger charge is -2.20. The highest BCUT2D eigenvalue weighted by Gasteiger charge is 2.18. The van der Waals surface area contributed by atoms with E-state index in [9.17, 15) is 14.3 Å². The molecule has 0 unspecified atom stereocenters. The zero-order chi connectivity index (χ0) is 13.2. The Kier molecular flexibility index (Phi) is 3.83. The monoisotopic (exact) mass is 261 g/mol. The number of benzene rings is 1. The molecular formula is C11H13ClFNO3. The van der Waals surface area contributed by atoms with Crippen LogP contribution in [0, 0.1) is 5.82 Å². The number of ether oxygens (including phenoxy) is 1. The number of amides is 1. The fourth-order valence-electron chi connectivity index (χ4n) is 1.07. The van der Waals surface area contributed by atoms with E-state index >= 15 is 0 Å². The summed E-state index contributed by atoms with van der Waals surface area (Å²) in [7, 11) is 0. The van der Waals surface area contributed by atoms with Crippen LogP contribution in [0.15, 0.2) is 12.1 Å². The largest absolute Gasteiger partial charge is 0.504 e. The number of hydrogen-bond acceptors (Lipinski definition) is 3. The normalized spacial score (nSPS) is 11.1. The number of phenols is 1. The third-order valence-electron chi connectivity index (χ3n) is 1.66. The first-order valence-electron chi connectivity index (χ1n) is 4.87. The van der Waals surface area contributed by atoms with Crippen molar-refractivity contribution < 1.29 is 19.0 Å². The van der Waals surface area contributed by atoms with Gasteiger partial charge >= 0.3 is 6.09 Å². The van der Waals surface area contributed by atoms with Crippen LogP contribution in [0.5, 0.6) is 5.75 Å². The summed E-state index contributed by atoms with van der Waals surface area (Å²) in [5.74, 6) is -1.07. The lowest BCUT2D eigenvalue weighted by Crippen LogP contribution is -2.27. The van der Waals surface area contributed by atoms with Gasteiger partial charge in [-0.05, 0) is 26.8 Å². The van der Waals surface area contributed by atoms with Crippen molar-refractivity contribution in [2.45, 2.75) is 26.4 Å². The van der Waals surface area contributed by atoms with Crippen LogP contribution in [-0.2, 0) is 4.74 Å². The van der Waals surface area contributed by atoms with E-state index in [1.54, 1.807) is 20.8 Å². The Labute approximate surface area is 103 Å². The van der Waals surface area contributed by atoms with Crippen molar-refractivity contribution >= 4 is 23.4 Å². The van der Waals surface area contributed by atoms with E-state index in [-0.39, 0.29) is 10.7 Å². The van der Waals surface area contributed by atoms with Gasteiger partial charge in [-0.1, -0.05) is 11.6 Å². The summed E-state index contributed by atoms with van der Waals surface area (Å²) in [6.07, 6.45) is -0.797. The first kappa shape index (κ1) is 13.6. The molecule has 0 heterocycles. The fraction of sp³-hybridized carbons (Fsp3) is 0.364. The Morgan fingerprint density at radius 3 is 2.59 bits per heavy atom. The number of halogens is 2. The maximum atomic E-state index is 13.0. The van der Waals surface area contributed by atoms with Crippen LogP contribution >= 0.6 is 11.6 Å². The van der Waals surface area contributed by atoms with Crippen LogP contribution in [0.25, 0.3) is 0 Å². The van der Waals surface area contributed by atoms with Crippen molar-refractivity contribution in [3.63, 3.8) is 0 Å². The van der Waals surface area contributed by atoms with Crippen LogP contribution in [0.3, 0.4) is 0 Å². The van der Waals surface area contributed by atoms with E-state index in [2.05, 4.69) is 5.32 Å². The number of rotatable bonds is 1. The average molecular weight is 262 g/mol. The summed E-state index contributed by atoms with van der Waals surface area (Å²) in [5, 5.41) is 11.5. The molecule has 0 aliphatic heterocycles. The molecule has 0 atom stereocenters. The summed E-state index contributed by atoms with van der Waals surface area (Å²) >= 11 is 5.55. The Balaban J connectivity index is 2.85. The molecule has 0 bridgehead atoms. The minimum atomic E-state index is -0.797. The number of phenolic OH excluding ortho intramolecular Hbond substituents is 1. The first-order valence-corrected chi connectivity index (χ1v) is 5.25. The summed E-state index contributed by atoms with van der Waals surface area (Å²) in [5.41, 5.74) is -0.819. The van der Waals surface area contributed by atoms with E-state index in [0.717, 1.165) is 12.1 Å². The van der Waals surface area contributed by atoms with Crippen molar-refractivity contribution in [1.82, 2.24) is 0 Å². The molecule has 0 saturated carbocycles. The van der Waals surface area contributed by atoms with Crippen molar-refractivity contribution in [3.05, 3.63) is 23.0 Å². The topological polar surface area (TPSA) is 58.6 Å². The highest BCUT2D eigenvalue weighted by atomic mass is 35.5. The van der Waals surface area contributed by atoms with Gasteiger partial charge in [-0.15, -0.1) is 0 Å². The second-order valence-electron chi connectivity index (χ2n) is 4.41. The smallest absolute Gasteiger partial charge is 0.412 e. The zero-order valence-corrected chi connectivity index (χ0v) is 10.4. The second-order valence-corrected chi connectivity index (χ2v) is 4.82. The van der Waals surface area contributed by atoms with E-state index < -0.39 is 23.3 Å². The SMILES string of the molecule is CC(C)(C)OC(=O)Nc1cc(F)cc(Cl)c1O. The van der Waals surface area contributed by atoms with Gasteiger partial charge in [0.05, 0.1) is 10.7 Å². The van der Waals surface area contributed by atoms with Crippen molar-refractivity contribution in [1.29, 1.82) is 0 Å². The number of carbonyl (C=O) groups is 1. The number of anilines is 1. The molecule has 94 valence electrons. The Bertz CT molecular complexity index is 443. The van der Waals surface area contributed by atoms with E-state index in [0.29, 0.717) is 0 Å². The maximum Gasteiger partial charge on any atom is 0.412 e. The molecule has 1 amide bonds. The van der Waals surface area contributed by atoms with Gasteiger partial charge in [0, 0.05) is 6.07 Å². The predicted octanol–water partition coefficient (Wildman–Crippen LogP) is 3.53. The highest BCUT2D eigenvalue weighted by Crippen LogP contribution is 2.32. The summed E-state index contributed by atoms with van der Waals surface area (Å²) in [6.45, 7) is 5.06. The molecule has 0 spiro atoms. The molecule has 17 heavy (non-hydrogen) atoms. The molecule has 4 nitrogen and oxygen atoms in total. The van der Waals surface area contributed by atoms with Gasteiger partial charge in [0.2, 0.25) is 0 Å². The molecule has 0 radical (unpaired) electrons. The van der Waals surface area contributed by atoms with Crippen LogP contribution in [0.4, 0.5) is 14.9 Å². The van der Waals surface area contributed by atoms with E-state index in [1.165, 1.54) is 0 Å². The molecule has 0 aliphatic carbocycles. The Morgan fingerprint density at radius 1 is 1.47 bits per heavy atom. The molecule has 1 aromatic carbocycles. The standard InChI is InChI=1S/C11H13ClFNO3/c1-11(2,3)17-10(16)14-8-5-6(13)4-7(12)9(8)15/h4-5,15H,1-3H3,(H,14,16). The minimum absolute atomic E-state index is 0.135. The lowest BCUT2D eigenvalue weighted by molar-refractivity contribution is 0.0635. The predicted molar refractivity (Wildman–Crippen MR) is 62.9 cm³/mol. The van der Waals surface area contributed by atoms with Crippen molar-refractivity contribution in [2.75, 3.05) is 5.32 Å². The number of hydrogen-bond donors (Lipinski definition) is 2. The summed E-state index contributed by atoms with van der Waals surface area (Å²) in [4.78, 5) is 11.4. The lowest BCUT2D eigenvalue weighted by atomic mass is 10.2. The molecule has 0 fully saturated rings. The van der Waals surface area contributed by atoms with Gasteiger partial charge in [-0.3, -0.25) is 5.32 Å². The molecular weight excluding hydrogens is 249 g/mol. The third-order valence-corrected chi connectivity index (χ3v) is 1.95. The highest BCUT2D eigenvalue weighted by molar-refractivity contribution is 6.32. The van der Waals surface area contributed by atoms with Crippen molar-refractivity contribution in [3.8, 4) is 5.75 Å². The molecule has 0 aromatic heterocycles. The van der Waals surface area contributed by atoms with Crippen LogP contribution in [0.1, 0.15) is 20.8 Å². The average Bonchev–Trinajstić information content (AvgIpc) is 2.10. The Hall–Kier alpha value is -1.49. The van der Waals surface area contributed by atoms with Gasteiger partial charge in [-0.25, -0.2) is 9.18 Å². The molecule has 1 rings (SSSR count). The van der Waals surface area contributed by atoms with Crippen LogP contribution in [-0.4, -0.2) is 16.8 Å². The number of carbonyl (C=O) groups excluding carboxylic acids is 1. The molecule has 0 saturated heterocycles. The maximum absolute atomic E-state index is 13.0. The van der Waals surface area contributed by atoms with Crippen LogP contribution in [0.2, 0.25) is 5.02 Å². The number of nitrogens with one attached hydrogen (secondary N) is 1. The summed E-state index contributed by atoms with van der Waals surface area (Å²) < 4.78 is 18.0. The van der Waals surface area contributed by atoms with E-state index in [4.69, 9.17) is 16.3 Å². The van der Waals surface area contributed by atoms with E-state index in [1.807, 2.05) is 0 Å². The quantitative estimate of drug-likeness (QED) is 0.760.